The molecule has 3 aromatic rings. The van der Waals surface area contributed by atoms with E-state index < -0.39 is 5.60 Å². The van der Waals surface area contributed by atoms with Crippen molar-refractivity contribution in [1.29, 1.82) is 0 Å². The maximum atomic E-state index is 12.9. The minimum atomic E-state index is -0.484. The number of hydrogen-bond acceptors (Lipinski definition) is 8. The number of aromatic nitrogens is 5. The summed E-state index contributed by atoms with van der Waals surface area (Å²) in [5, 5.41) is 7.99. The second kappa shape index (κ2) is 8.71. The van der Waals surface area contributed by atoms with Gasteiger partial charge < -0.3 is 19.3 Å². The van der Waals surface area contributed by atoms with E-state index in [4.69, 9.17) is 14.5 Å². The maximum Gasteiger partial charge on any atom is 0.410 e. The van der Waals surface area contributed by atoms with E-state index in [0.29, 0.717) is 23.7 Å². The molecule has 6 heterocycles. The molecule has 4 bridgehead atoms. The largest absolute Gasteiger partial charge is 0.444 e. The van der Waals surface area contributed by atoms with Gasteiger partial charge in [-0.3, -0.25) is 4.57 Å². The molecule has 194 valence electrons. The summed E-state index contributed by atoms with van der Waals surface area (Å²) in [6.07, 6.45) is 6.81. The lowest BCUT2D eigenvalue weighted by atomic mass is 9.73. The molecule has 0 unspecified atom stereocenters. The molecule has 2 aromatic heterocycles. The number of piperidine rings is 4. The van der Waals surface area contributed by atoms with Gasteiger partial charge >= 0.3 is 6.09 Å². The molecule has 0 N–H and O–H groups in total. The molecule has 0 atom stereocenters. The second-order valence-corrected chi connectivity index (χ2v) is 11.3. The van der Waals surface area contributed by atoms with Crippen molar-refractivity contribution in [1.82, 2.24) is 29.6 Å². The van der Waals surface area contributed by atoms with Crippen molar-refractivity contribution >= 4 is 11.9 Å². The molecule has 0 aliphatic carbocycles. The Morgan fingerprint density at radius 3 is 2.16 bits per heavy atom. The van der Waals surface area contributed by atoms with Crippen molar-refractivity contribution in [2.24, 2.45) is 0 Å². The smallest absolute Gasteiger partial charge is 0.410 e. The van der Waals surface area contributed by atoms with E-state index in [1.165, 1.54) is 0 Å². The number of benzene rings is 1. The summed E-state index contributed by atoms with van der Waals surface area (Å²) in [5.41, 5.74) is 1.41. The molecule has 0 spiro atoms. The number of rotatable bonds is 4. The minimum absolute atomic E-state index is 0.174. The SMILES string of the molecule is Cc1c(Oc2ccc(-n3cnnc3C)cc2)ncnc1N1C2CC3CC1CC(C2)N3C(=O)OC(C)(C)C. The van der Waals surface area contributed by atoms with Gasteiger partial charge in [-0.15, -0.1) is 10.2 Å². The van der Waals surface area contributed by atoms with Crippen LogP contribution in [-0.4, -0.2) is 65.5 Å². The van der Waals surface area contributed by atoms with E-state index in [1.54, 1.807) is 12.7 Å². The highest BCUT2D eigenvalue weighted by molar-refractivity contribution is 5.70. The summed E-state index contributed by atoms with van der Waals surface area (Å²) < 4.78 is 13.8. The predicted molar refractivity (Wildman–Crippen MR) is 137 cm³/mol. The Hall–Kier alpha value is -3.69. The fourth-order valence-corrected chi connectivity index (χ4v) is 6.23. The van der Waals surface area contributed by atoms with Crippen LogP contribution in [0.15, 0.2) is 36.9 Å². The Balaban J connectivity index is 1.19. The van der Waals surface area contributed by atoms with Crippen molar-refractivity contribution in [2.45, 2.75) is 90.1 Å². The molecular formula is C27H33N7O3. The summed E-state index contributed by atoms with van der Waals surface area (Å²) in [6, 6.07) is 8.91. The molecule has 1 amide bonds. The lowest BCUT2D eigenvalue weighted by Gasteiger charge is -2.61. The van der Waals surface area contributed by atoms with Crippen molar-refractivity contribution < 1.29 is 14.3 Å². The molecule has 0 radical (unpaired) electrons. The van der Waals surface area contributed by atoms with Crippen LogP contribution in [0.4, 0.5) is 10.6 Å². The van der Waals surface area contributed by atoms with Gasteiger partial charge in [0, 0.05) is 29.9 Å². The van der Waals surface area contributed by atoms with Gasteiger partial charge in [0.05, 0.1) is 5.56 Å². The van der Waals surface area contributed by atoms with Crippen molar-refractivity contribution in [2.75, 3.05) is 4.90 Å². The van der Waals surface area contributed by atoms with Crippen LogP contribution in [0.2, 0.25) is 0 Å². The average molecular weight is 504 g/mol. The van der Waals surface area contributed by atoms with E-state index >= 15 is 0 Å². The van der Waals surface area contributed by atoms with E-state index in [2.05, 4.69) is 20.1 Å². The fourth-order valence-electron chi connectivity index (χ4n) is 6.23. The van der Waals surface area contributed by atoms with Crippen LogP contribution in [-0.2, 0) is 4.74 Å². The highest BCUT2D eigenvalue weighted by atomic mass is 16.6. The van der Waals surface area contributed by atoms with Gasteiger partial charge in [-0.25, -0.2) is 14.8 Å². The highest BCUT2D eigenvalue weighted by Crippen LogP contribution is 2.47. The number of hydrogen-bond donors (Lipinski definition) is 0. The van der Waals surface area contributed by atoms with Crippen LogP contribution < -0.4 is 9.64 Å². The first-order chi connectivity index (χ1) is 17.7. The standard InChI is InChI=1S/C27H33N7O3/c1-16-24(28-14-29-25(16)36-23-8-6-18(7-9-23)32-15-30-31-17(32)2)33-19-10-21-12-20(33)13-22(11-19)34(21)26(35)37-27(3,4)5/h6-9,14-15,19-22H,10-13H2,1-5H3. The predicted octanol–water partition coefficient (Wildman–Crippen LogP) is 4.59. The van der Waals surface area contributed by atoms with Gasteiger partial charge in [0.1, 0.15) is 35.6 Å². The molecule has 10 nitrogen and oxygen atoms in total. The van der Waals surface area contributed by atoms with Crippen LogP contribution in [0.25, 0.3) is 5.69 Å². The number of amides is 1. The molecule has 4 aliphatic rings. The van der Waals surface area contributed by atoms with E-state index in [-0.39, 0.29) is 18.2 Å². The van der Waals surface area contributed by atoms with Gasteiger partial charge in [-0.1, -0.05) is 0 Å². The molecule has 1 aromatic carbocycles. The summed E-state index contributed by atoms with van der Waals surface area (Å²) in [6.45, 7) is 9.71. The van der Waals surface area contributed by atoms with E-state index in [0.717, 1.165) is 48.6 Å². The number of carbonyl (C=O) groups is 1. The van der Waals surface area contributed by atoms with Crippen molar-refractivity contribution in [3.8, 4) is 17.3 Å². The van der Waals surface area contributed by atoms with E-state index in [1.807, 2.05) is 68.4 Å². The zero-order valence-electron chi connectivity index (χ0n) is 22.0. The third kappa shape index (κ3) is 4.28. The molecule has 4 fully saturated rings. The Morgan fingerprint density at radius 2 is 1.59 bits per heavy atom. The Bertz CT molecular complexity index is 1280. The lowest BCUT2D eigenvalue weighted by molar-refractivity contribution is -0.0404. The Morgan fingerprint density at radius 1 is 0.946 bits per heavy atom. The van der Waals surface area contributed by atoms with Gasteiger partial charge in [-0.2, -0.15) is 0 Å². The van der Waals surface area contributed by atoms with Crippen LogP contribution in [0.5, 0.6) is 11.6 Å². The third-order valence-electron chi connectivity index (χ3n) is 7.66. The summed E-state index contributed by atoms with van der Waals surface area (Å²) in [7, 11) is 0. The van der Waals surface area contributed by atoms with Gasteiger partial charge in [0.15, 0.2) is 0 Å². The average Bonchev–Trinajstić information content (AvgIpc) is 3.25. The first kappa shape index (κ1) is 23.7. The summed E-state index contributed by atoms with van der Waals surface area (Å²) in [4.78, 5) is 26.5. The molecule has 10 heteroatoms. The van der Waals surface area contributed by atoms with Gasteiger partial charge in [0.25, 0.3) is 0 Å². The number of ether oxygens (including phenoxy) is 2. The van der Waals surface area contributed by atoms with E-state index in [9.17, 15) is 4.79 Å². The monoisotopic (exact) mass is 503 g/mol. The second-order valence-electron chi connectivity index (χ2n) is 11.3. The summed E-state index contributed by atoms with van der Waals surface area (Å²) >= 11 is 0. The first-order valence-electron chi connectivity index (χ1n) is 12.9. The first-order valence-corrected chi connectivity index (χ1v) is 12.9. The molecule has 0 saturated carbocycles. The maximum absolute atomic E-state index is 12.9. The van der Waals surface area contributed by atoms with Gasteiger partial charge in [-0.05, 0) is 84.6 Å². The molecule has 37 heavy (non-hydrogen) atoms. The number of nitrogens with zero attached hydrogens (tertiary/aromatic N) is 7. The van der Waals surface area contributed by atoms with Crippen molar-refractivity contribution in [3.05, 3.63) is 48.3 Å². The number of anilines is 1. The zero-order valence-corrected chi connectivity index (χ0v) is 22.0. The van der Waals surface area contributed by atoms with Crippen LogP contribution in [0.3, 0.4) is 0 Å². The number of aryl methyl sites for hydroxylation is 1. The molecule has 7 rings (SSSR count). The van der Waals surface area contributed by atoms with Crippen LogP contribution in [0, 0.1) is 13.8 Å². The molecular weight excluding hydrogens is 470 g/mol. The van der Waals surface area contributed by atoms with Gasteiger partial charge in [0.2, 0.25) is 5.88 Å². The van der Waals surface area contributed by atoms with Crippen molar-refractivity contribution in [3.63, 3.8) is 0 Å². The third-order valence-corrected chi connectivity index (χ3v) is 7.66. The quantitative estimate of drug-likeness (QED) is 0.510. The number of carbonyl (C=O) groups excluding carboxylic acids is 1. The normalized spacial score (nSPS) is 24.5. The lowest BCUT2D eigenvalue weighted by Crippen LogP contribution is -2.70. The van der Waals surface area contributed by atoms with Crippen LogP contribution in [0.1, 0.15) is 57.8 Å². The molecule has 4 saturated heterocycles. The minimum Gasteiger partial charge on any atom is -0.444 e. The summed E-state index contributed by atoms with van der Waals surface area (Å²) in [5.74, 6) is 3.01. The topological polar surface area (TPSA) is 98.5 Å². The zero-order chi connectivity index (χ0) is 25.9. The Labute approximate surface area is 216 Å². The highest BCUT2D eigenvalue weighted by Gasteiger charge is 2.53. The fraction of sp³-hybridized carbons (Fsp3) is 0.519. The van der Waals surface area contributed by atoms with Crippen LogP contribution >= 0.6 is 0 Å². The Kier molecular flexibility index (Phi) is 5.58. The molecule has 4 aliphatic heterocycles.